The molecule has 2 N–H and O–H groups in total. The standard InChI is InChI=1S/C13H23N3S/c1-10(2)16-12(14-5)15-9-13(3,4)11-7-6-8-17-11/h6-8,10H,9H2,1-5H3,(H2,14,15,16). The summed E-state index contributed by atoms with van der Waals surface area (Å²) in [5, 5.41) is 8.79. The van der Waals surface area contributed by atoms with Gasteiger partial charge in [0.15, 0.2) is 5.96 Å². The van der Waals surface area contributed by atoms with Gasteiger partial charge in [0.1, 0.15) is 0 Å². The molecule has 0 bridgehead atoms. The molecule has 0 aliphatic rings. The van der Waals surface area contributed by atoms with E-state index in [0.717, 1.165) is 12.5 Å². The molecule has 3 nitrogen and oxygen atoms in total. The minimum Gasteiger partial charge on any atom is -0.356 e. The van der Waals surface area contributed by atoms with Crippen molar-refractivity contribution in [3.8, 4) is 0 Å². The highest BCUT2D eigenvalue weighted by atomic mass is 32.1. The predicted octanol–water partition coefficient (Wildman–Crippen LogP) is 2.60. The fraction of sp³-hybridized carbons (Fsp3) is 0.615. The molecule has 0 saturated heterocycles. The van der Waals surface area contributed by atoms with Crippen molar-refractivity contribution < 1.29 is 0 Å². The number of nitrogens with one attached hydrogen (secondary N) is 2. The van der Waals surface area contributed by atoms with Crippen molar-refractivity contribution in [1.29, 1.82) is 0 Å². The van der Waals surface area contributed by atoms with Crippen LogP contribution in [0, 0.1) is 0 Å². The summed E-state index contributed by atoms with van der Waals surface area (Å²) in [6.07, 6.45) is 0. The van der Waals surface area contributed by atoms with Crippen LogP contribution in [0.3, 0.4) is 0 Å². The third-order valence-electron chi connectivity index (χ3n) is 2.53. The van der Waals surface area contributed by atoms with Crippen LogP contribution < -0.4 is 10.6 Å². The highest BCUT2D eigenvalue weighted by Crippen LogP contribution is 2.26. The van der Waals surface area contributed by atoms with E-state index in [2.05, 4.69) is 60.8 Å². The predicted molar refractivity (Wildman–Crippen MR) is 77.0 cm³/mol. The Balaban J connectivity index is 2.55. The van der Waals surface area contributed by atoms with Gasteiger partial charge in [-0.25, -0.2) is 0 Å². The summed E-state index contributed by atoms with van der Waals surface area (Å²) in [6, 6.07) is 4.68. The van der Waals surface area contributed by atoms with Gasteiger partial charge in [0.25, 0.3) is 0 Å². The molecule has 0 unspecified atom stereocenters. The first kappa shape index (κ1) is 14.0. The lowest BCUT2D eigenvalue weighted by Crippen LogP contribution is -2.45. The molecule has 1 aromatic heterocycles. The Labute approximate surface area is 108 Å². The second kappa shape index (κ2) is 6.05. The van der Waals surface area contributed by atoms with Gasteiger partial charge < -0.3 is 10.6 Å². The fourth-order valence-corrected chi connectivity index (χ4v) is 2.38. The van der Waals surface area contributed by atoms with Crippen LogP contribution >= 0.6 is 11.3 Å². The van der Waals surface area contributed by atoms with E-state index in [0.29, 0.717) is 6.04 Å². The highest BCUT2D eigenvalue weighted by molar-refractivity contribution is 7.10. The average molecular weight is 253 g/mol. The maximum Gasteiger partial charge on any atom is 0.191 e. The van der Waals surface area contributed by atoms with E-state index >= 15 is 0 Å². The van der Waals surface area contributed by atoms with Crippen LogP contribution in [-0.2, 0) is 5.41 Å². The van der Waals surface area contributed by atoms with E-state index in [-0.39, 0.29) is 5.41 Å². The van der Waals surface area contributed by atoms with Gasteiger partial charge in [-0.05, 0) is 25.3 Å². The quantitative estimate of drug-likeness (QED) is 0.639. The molecule has 4 heteroatoms. The summed E-state index contributed by atoms with van der Waals surface area (Å²) in [5.41, 5.74) is 0.128. The van der Waals surface area contributed by atoms with Crippen LogP contribution in [0.1, 0.15) is 32.6 Å². The van der Waals surface area contributed by atoms with Crippen molar-refractivity contribution in [3.63, 3.8) is 0 Å². The lowest BCUT2D eigenvalue weighted by molar-refractivity contribution is 0.516. The van der Waals surface area contributed by atoms with Crippen molar-refractivity contribution in [2.24, 2.45) is 4.99 Å². The Morgan fingerprint density at radius 3 is 2.65 bits per heavy atom. The lowest BCUT2D eigenvalue weighted by Gasteiger charge is -2.25. The normalized spacial score (nSPS) is 12.9. The van der Waals surface area contributed by atoms with Gasteiger partial charge in [-0.2, -0.15) is 0 Å². The van der Waals surface area contributed by atoms with E-state index in [1.54, 1.807) is 18.4 Å². The van der Waals surface area contributed by atoms with Crippen molar-refractivity contribution in [1.82, 2.24) is 10.6 Å². The molecule has 0 fully saturated rings. The minimum atomic E-state index is 0.128. The fourth-order valence-electron chi connectivity index (χ4n) is 1.52. The topological polar surface area (TPSA) is 36.4 Å². The largest absolute Gasteiger partial charge is 0.356 e. The Kier molecular flexibility index (Phi) is 5.00. The smallest absolute Gasteiger partial charge is 0.191 e. The molecule has 1 heterocycles. The second-order valence-corrected chi connectivity index (χ2v) is 6.03. The van der Waals surface area contributed by atoms with Crippen LogP contribution in [0.4, 0.5) is 0 Å². The summed E-state index contributed by atoms with van der Waals surface area (Å²) in [6.45, 7) is 9.58. The maximum atomic E-state index is 4.21. The van der Waals surface area contributed by atoms with Crippen LogP contribution in [0.2, 0.25) is 0 Å². The Morgan fingerprint density at radius 1 is 1.47 bits per heavy atom. The van der Waals surface area contributed by atoms with Crippen molar-refractivity contribution >= 4 is 17.3 Å². The molecule has 0 aliphatic carbocycles. The number of aliphatic imine (C=N–C) groups is 1. The molecule has 0 spiro atoms. The molecule has 0 amide bonds. The van der Waals surface area contributed by atoms with Crippen LogP contribution in [-0.4, -0.2) is 25.6 Å². The third kappa shape index (κ3) is 4.38. The SMILES string of the molecule is CN=C(NCC(C)(C)c1cccs1)NC(C)C. The van der Waals surface area contributed by atoms with E-state index in [1.807, 2.05) is 0 Å². The van der Waals surface area contributed by atoms with Crippen molar-refractivity contribution in [2.45, 2.75) is 39.2 Å². The van der Waals surface area contributed by atoms with Gasteiger partial charge in [0, 0.05) is 29.9 Å². The number of hydrogen-bond acceptors (Lipinski definition) is 2. The average Bonchev–Trinajstić information content (AvgIpc) is 2.77. The molecule has 1 rings (SSSR count). The second-order valence-electron chi connectivity index (χ2n) is 5.09. The summed E-state index contributed by atoms with van der Waals surface area (Å²) in [7, 11) is 1.80. The van der Waals surface area contributed by atoms with Gasteiger partial charge >= 0.3 is 0 Å². The minimum absolute atomic E-state index is 0.128. The van der Waals surface area contributed by atoms with E-state index in [4.69, 9.17) is 0 Å². The highest BCUT2D eigenvalue weighted by Gasteiger charge is 2.21. The maximum absolute atomic E-state index is 4.21. The first-order valence-corrected chi connectivity index (χ1v) is 6.85. The van der Waals surface area contributed by atoms with E-state index < -0.39 is 0 Å². The van der Waals surface area contributed by atoms with Gasteiger partial charge in [0.05, 0.1) is 0 Å². The molecule has 0 atom stereocenters. The van der Waals surface area contributed by atoms with E-state index in [9.17, 15) is 0 Å². The van der Waals surface area contributed by atoms with Crippen LogP contribution in [0.25, 0.3) is 0 Å². The molecule has 17 heavy (non-hydrogen) atoms. The Hall–Kier alpha value is -1.03. The van der Waals surface area contributed by atoms with Gasteiger partial charge in [-0.3, -0.25) is 4.99 Å². The Morgan fingerprint density at radius 2 is 2.18 bits per heavy atom. The van der Waals surface area contributed by atoms with Gasteiger partial charge in [-0.1, -0.05) is 19.9 Å². The first-order chi connectivity index (χ1) is 7.95. The molecule has 0 aliphatic heterocycles. The Bertz CT molecular complexity index is 353. The van der Waals surface area contributed by atoms with Gasteiger partial charge in [-0.15, -0.1) is 11.3 Å². The van der Waals surface area contributed by atoms with Crippen molar-refractivity contribution in [2.75, 3.05) is 13.6 Å². The third-order valence-corrected chi connectivity index (χ3v) is 3.77. The molecule has 1 aromatic rings. The lowest BCUT2D eigenvalue weighted by atomic mass is 9.91. The summed E-state index contributed by atoms with van der Waals surface area (Å²) in [4.78, 5) is 5.60. The number of guanidine groups is 1. The molecule has 0 saturated carbocycles. The summed E-state index contributed by atoms with van der Waals surface area (Å²) in [5.74, 6) is 0.865. The summed E-state index contributed by atoms with van der Waals surface area (Å²) >= 11 is 1.80. The number of hydrogen-bond donors (Lipinski definition) is 2. The number of nitrogens with zero attached hydrogens (tertiary/aromatic N) is 1. The molecule has 0 aromatic carbocycles. The molecule has 0 radical (unpaired) electrons. The van der Waals surface area contributed by atoms with Gasteiger partial charge in [0.2, 0.25) is 0 Å². The zero-order valence-electron chi connectivity index (χ0n) is 11.4. The van der Waals surface area contributed by atoms with E-state index in [1.165, 1.54) is 4.88 Å². The number of thiophene rings is 1. The number of rotatable bonds is 4. The molecule has 96 valence electrons. The first-order valence-electron chi connectivity index (χ1n) is 5.97. The van der Waals surface area contributed by atoms with Crippen LogP contribution in [0.15, 0.2) is 22.5 Å². The molecular formula is C13H23N3S. The monoisotopic (exact) mass is 253 g/mol. The zero-order chi connectivity index (χ0) is 12.9. The molecular weight excluding hydrogens is 230 g/mol. The van der Waals surface area contributed by atoms with Crippen molar-refractivity contribution in [3.05, 3.63) is 22.4 Å². The zero-order valence-corrected chi connectivity index (χ0v) is 12.2. The summed E-state index contributed by atoms with van der Waals surface area (Å²) < 4.78 is 0. The van der Waals surface area contributed by atoms with Crippen LogP contribution in [0.5, 0.6) is 0 Å².